The fourth-order valence-corrected chi connectivity index (χ4v) is 3.61. The standard InChI is InChI=1S/C22H28O6/c1-5-17-22(14-10-13-18(23)24-6-2,25-15-16-11-8-7-9-12-16)19-20(26-17)28-21(3,4)27-19/h5,7-13,17,19-20H,1,6,14-15H2,2-4H3/b13-10+/t17-,19+,20-,22-/m1/s1. The Kier molecular flexibility index (Phi) is 6.35. The fourth-order valence-electron chi connectivity index (χ4n) is 3.61. The fraction of sp³-hybridized carbons (Fsp3) is 0.500. The third-order valence-electron chi connectivity index (χ3n) is 4.84. The minimum Gasteiger partial charge on any atom is -0.463 e. The van der Waals surface area contributed by atoms with E-state index in [1.54, 1.807) is 19.1 Å². The van der Waals surface area contributed by atoms with Crippen LogP contribution >= 0.6 is 0 Å². The van der Waals surface area contributed by atoms with Crippen LogP contribution in [0.2, 0.25) is 0 Å². The number of carbonyl (C=O) groups is 1. The highest BCUT2D eigenvalue weighted by Gasteiger charge is 2.63. The van der Waals surface area contributed by atoms with Crippen molar-refractivity contribution < 1.29 is 28.5 Å². The van der Waals surface area contributed by atoms with Crippen molar-refractivity contribution >= 4 is 5.97 Å². The number of ether oxygens (including phenoxy) is 5. The minimum absolute atomic E-state index is 0.326. The van der Waals surface area contributed by atoms with Gasteiger partial charge in [-0.3, -0.25) is 0 Å². The second-order valence-corrected chi connectivity index (χ2v) is 7.30. The smallest absolute Gasteiger partial charge is 0.330 e. The van der Waals surface area contributed by atoms with E-state index < -0.39 is 35.9 Å². The number of hydrogen-bond acceptors (Lipinski definition) is 6. The topological polar surface area (TPSA) is 63.2 Å². The summed E-state index contributed by atoms with van der Waals surface area (Å²) in [6.07, 6.45) is 3.75. The lowest BCUT2D eigenvalue weighted by Gasteiger charge is -2.36. The van der Waals surface area contributed by atoms with Crippen molar-refractivity contribution in [3.8, 4) is 0 Å². The van der Waals surface area contributed by atoms with E-state index in [0.717, 1.165) is 5.56 Å². The van der Waals surface area contributed by atoms with Crippen LogP contribution < -0.4 is 0 Å². The Hall–Kier alpha value is -1.99. The van der Waals surface area contributed by atoms with Gasteiger partial charge >= 0.3 is 5.97 Å². The first-order chi connectivity index (χ1) is 13.4. The highest BCUT2D eigenvalue weighted by Crippen LogP contribution is 2.47. The summed E-state index contributed by atoms with van der Waals surface area (Å²) in [6.45, 7) is 10.0. The minimum atomic E-state index is -0.876. The number of esters is 1. The molecule has 6 nitrogen and oxygen atoms in total. The molecule has 0 bridgehead atoms. The van der Waals surface area contributed by atoms with E-state index in [1.807, 2.05) is 44.2 Å². The van der Waals surface area contributed by atoms with Crippen molar-refractivity contribution in [2.24, 2.45) is 0 Å². The Labute approximate surface area is 166 Å². The molecule has 2 aliphatic rings. The molecule has 152 valence electrons. The summed E-state index contributed by atoms with van der Waals surface area (Å²) >= 11 is 0. The molecule has 0 saturated carbocycles. The maximum absolute atomic E-state index is 11.7. The van der Waals surface area contributed by atoms with Gasteiger partial charge in [0.05, 0.1) is 13.2 Å². The molecule has 1 aromatic rings. The Balaban J connectivity index is 1.85. The Morgan fingerprint density at radius 1 is 1.25 bits per heavy atom. The summed E-state index contributed by atoms with van der Waals surface area (Å²) in [7, 11) is 0. The van der Waals surface area contributed by atoms with E-state index in [2.05, 4.69) is 6.58 Å². The van der Waals surface area contributed by atoms with Crippen LogP contribution in [0.5, 0.6) is 0 Å². The van der Waals surface area contributed by atoms with Crippen molar-refractivity contribution in [3.05, 3.63) is 60.7 Å². The van der Waals surface area contributed by atoms with Gasteiger partial charge in [-0.1, -0.05) is 42.5 Å². The number of rotatable bonds is 8. The zero-order chi connectivity index (χ0) is 20.2. The first-order valence-electron chi connectivity index (χ1n) is 9.55. The molecule has 28 heavy (non-hydrogen) atoms. The molecule has 3 rings (SSSR count). The Morgan fingerprint density at radius 2 is 2.00 bits per heavy atom. The van der Waals surface area contributed by atoms with Crippen LogP contribution in [0.3, 0.4) is 0 Å². The normalized spacial score (nSPS) is 31.0. The van der Waals surface area contributed by atoms with E-state index in [4.69, 9.17) is 23.7 Å². The molecule has 6 heteroatoms. The van der Waals surface area contributed by atoms with Crippen LogP contribution in [0.1, 0.15) is 32.8 Å². The molecule has 0 aromatic heterocycles. The van der Waals surface area contributed by atoms with Gasteiger partial charge < -0.3 is 23.7 Å². The van der Waals surface area contributed by atoms with E-state index in [9.17, 15) is 4.79 Å². The van der Waals surface area contributed by atoms with E-state index in [-0.39, 0.29) is 0 Å². The highest BCUT2D eigenvalue weighted by molar-refractivity contribution is 5.81. The summed E-state index contributed by atoms with van der Waals surface area (Å²) in [5.74, 6) is -1.18. The predicted octanol–water partition coefficient (Wildman–Crippen LogP) is 3.51. The molecule has 0 amide bonds. The summed E-state index contributed by atoms with van der Waals surface area (Å²) in [5, 5.41) is 0. The lowest BCUT2D eigenvalue weighted by molar-refractivity contribution is -0.231. The van der Waals surface area contributed by atoms with Gasteiger partial charge in [0.15, 0.2) is 12.1 Å². The molecule has 0 N–H and O–H groups in total. The van der Waals surface area contributed by atoms with Crippen molar-refractivity contribution in [2.75, 3.05) is 6.61 Å². The van der Waals surface area contributed by atoms with Gasteiger partial charge in [0.1, 0.15) is 17.8 Å². The average molecular weight is 388 g/mol. The largest absolute Gasteiger partial charge is 0.463 e. The molecule has 1 aromatic carbocycles. The van der Waals surface area contributed by atoms with Crippen LogP contribution in [-0.2, 0) is 35.1 Å². The van der Waals surface area contributed by atoms with Gasteiger partial charge in [-0.25, -0.2) is 4.79 Å². The maximum Gasteiger partial charge on any atom is 0.330 e. The summed E-state index contributed by atoms with van der Waals surface area (Å²) in [6, 6.07) is 9.87. The molecule has 0 spiro atoms. The van der Waals surface area contributed by atoms with Gasteiger partial charge in [-0.15, -0.1) is 6.58 Å². The maximum atomic E-state index is 11.7. The molecule has 0 aliphatic carbocycles. The van der Waals surface area contributed by atoms with Crippen LogP contribution in [-0.4, -0.2) is 42.5 Å². The lowest BCUT2D eigenvalue weighted by atomic mass is 9.88. The Morgan fingerprint density at radius 3 is 2.68 bits per heavy atom. The first-order valence-corrected chi connectivity index (χ1v) is 9.55. The van der Waals surface area contributed by atoms with E-state index in [1.165, 1.54) is 6.08 Å². The van der Waals surface area contributed by atoms with Gasteiger partial charge in [-0.2, -0.15) is 0 Å². The number of fused-ring (bicyclic) bond motifs is 1. The van der Waals surface area contributed by atoms with Crippen molar-refractivity contribution in [2.45, 2.75) is 63.7 Å². The van der Waals surface area contributed by atoms with Crippen molar-refractivity contribution in [1.29, 1.82) is 0 Å². The molecular weight excluding hydrogens is 360 g/mol. The third-order valence-corrected chi connectivity index (χ3v) is 4.84. The molecule has 2 heterocycles. The summed E-state index contributed by atoms with van der Waals surface area (Å²) in [5.41, 5.74) is 0.152. The van der Waals surface area contributed by atoms with Crippen molar-refractivity contribution in [3.63, 3.8) is 0 Å². The number of benzene rings is 1. The van der Waals surface area contributed by atoms with E-state index >= 15 is 0 Å². The van der Waals surface area contributed by atoms with Gasteiger partial charge in [0.25, 0.3) is 0 Å². The summed E-state index contributed by atoms with van der Waals surface area (Å²) in [4.78, 5) is 11.7. The lowest BCUT2D eigenvalue weighted by Crippen LogP contribution is -2.50. The summed E-state index contributed by atoms with van der Waals surface area (Å²) < 4.78 is 29.5. The zero-order valence-corrected chi connectivity index (χ0v) is 16.6. The number of carbonyl (C=O) groups excluding carboxylic acids is 1. The molecule has 2 saturated heterocycles. The highest BCUT2D eigenvalue weighted by atomic mass is 16.8. The SMILES string of the molecule is C=C[C@H]1O[C@@H]2OC(C)(C)O[C@@H]2[C@]1(C/C=C/C(=O)OCC)OCc1ccccc1. The third kappa shape index (κ3) is 4.36. The van der Waals surface area contributed by atoms with Crippen molar-refractivity contribution in [1.82, 2.24) is 0 Å². The molecule has 2 aliphatic heterocycles. The Bertz CT molecular complexity index is 713. The molecule has 0 radical (unpaired) electrons. The zero-order valence-electron chi connectivity index (χ0n) is 16.6. The first kappa shape index (κ1) is 20.7. The second-order valence-electron chi connectivity index (χ2n) is 7.30. The van der Waals surface area contributed by atoms with E-state index in [0.29, 0.717) is 19.6 Å². The van der Waals surface area contributed by atoms with Crippen LogP contribution in [0.15, 0.2) is 55.1 Å². The van der Waals surface area contributed by atoms with Crippen LogP contribution in [0.25, 0.3) is 0 Å². The molecular formula is C22H28O6. The van der Waals surface area contributed by atoms with Gasteiger partial charge in [0.2, 0.25) is 0 Å². The second kappa shape index (κ2) is 8.57. The van der Waals surface area contributed by atoms with Gasteiger partial charge in [0, 0.05) is 12.5 Å². The predicted molar refractivity (Wildman–Crippen MR) is 103 cm³/mol. The van der Waals surface area contributed by atoms with Gasteiger partial charge in [-0.05, 0) is 26.3 Å². The average Bonchev–Trinajstić information content (AvgIpc) is 3.12. The number of hydrogen-bond donors (Lipinski definition) is 0. The van der Waals surface area contributed by atoms with Crippen LogP contribution in [0.4, 0.5) is 0 Å². The molecule has 4 atom stereocenters. The molecule has 2 fully saturated rings. The monoisotopic (exact) mass is 388 g/mol. The molecule has 0 unspecified atom stereocenters. The quantitative estimate of drug-likeness (QED) is 0.386. The van der Waals surface area contributed by atoms with Crippen LogP contribution in [0, 0.1) is 0 Å².